The summed E-state index contributed by atoms with van der Waals surface area (Å²) >= 11 is 0. The average Bonchev–Trinajstić information content (AvgIpc) is 2.30. The summed E-state index contributed by atoms with van der Waals surface area (Å²) in [5.74, 6) is 0.0244. The molecule has 0 spiro atoms. The summed E-state index contributed by atoms with van der Waals surface area (Å²) in [6, 6.07) is 6.59. The molecule has 0 radical (unpaired) electrons. The van der Waals surface area contributed by atoms with Crippen molar-refractivity contribution in [2.45, 2.75) is 6.10 Å². The Morgan fingerprint density at radius 2 is 2.38 bits per heavy atom. The number of anilines is 1. The zero-order valence-corrected chi connectivity index (χ0v) is 8.80. The number of nitrogens with two attached hydrogens (primary N) is 1. The van der Waals surface area contributed by atoms with Crippen molar-refractivity contribution >= 4 is 11.6 Å². The Hall–Kier alpha value is -1.59. The number of phenolic OH excluding ortho intramolecular Hbond substituents is 1. The highest BCUT2D eigenvalue weighted by molar-refractivity contribution is 5.95. The van der Waals surface area contributed by atoms with Gasteiger partial charge < -0.3 is 20.5 Å². The van der Waals surface area contributed by atoms with Crippen LogP contribution in [0.2, 0.25) is 0 Å². The smallest absolute Gasteiger partial charge is 0.253 e. The lowest BCUT2D eigenvalue weighted by molar-refractivity contribution is -0.128. The minimum atomic E-state index is -0.139. The zero-order chi connectivity index (χ0) is 11.5. The van der Waals surface area contributed by atoms with E-state index < -0.39 is 0 Å². The lowest BCUT2D eigenvalue weighted by Crippen LogP contribution is -2.49. The molecular formula is C11H14N2O3. The maximum atomic E-state index is 11.6. The number of amides is 1. The summed E-state index contributed by atoms with van der Waals surface area (Å²) in [4.78, 5) is 13.2. The summed E-state index contributed by atoms with van der Waals surface area (Å²) in [7, 11) is 0. The van der Waals surface area contributed by atoms with E-state index in [0.717, 1.165) is 0 Å². The van der Waals surface area contributed by atoms with Gasteiger partial charge in [0.15, 0.2) is 0 Å². The second kappa shape index (κ2) is 4.51. The Balaban J connectivity index is 2.21. The van der Waals surface area contributed by atoms with Crippen molar-refractivity contribution in [3.8, 4) is 5.75 Å². The molecule has 5 nitrogen and oxygen atoms in total. The molecule has 1 aromatic carbocycles. The van der Waals surface area contributed by atoms with Gasteiger partial charge in [0.05, 0.1) is 12.6 Å². The van der Waals surface area contributed by atoms with Crippen LogP contribution in [0.5, 0.6) is 5.75 Å². The Labute approximate surface area is 93.4 Å². The molecule has 86 valence electrons. The molecule has 5 heteroatoms. The highest BCUT2D eigenvalue weighted by atomic mass is 16.5. The van der Waals surface area contributed by atoms with E-state index in [2.05, 4.69) is 0 Å². The van der Waals surface area contributed by atoms with Crippen LogP contribution in [0, 0.1) is 0 Å². The fraction of sp³-hybridized carbons (Fsp3) is 0.364. The van der Waals surface area contributed by atoms with Crippen molar-refractivity contribution in [1.29, 1.82) is 0 Å². The summed E-state index contributed by atoms with van der Waals surface area (Å²) in [5, 5.41) is 9.36. The van der Waals surface area contributed by atoms with E-state index in [1.165, 1.54) is 0 Å². The molecule has 3 N–H and O–H groups in total. The Morgan fingerprint density at radius 3 is 3.06 bits per heavy atom. The first-order chi connectivity index (χ1) is 7.70. The van der Waals surface area contributed by atoms with E-state index >= 15 is 0 Å². The van der Waals surface area contributed by atoms with Gasteiger partial charge in [0.25, 0.3) is 5.91 Å². The number of nitrogens with zero attached hydrogens (tertiary/aromatic N) is 1. The van der Waals surface area contributed by atoms with Crippen molar-refractivity contribution in [3.63, 3.8) is 0 Å². The van der Waals surface area contributed by atoms with Crippen molar-refractivity contribution in [2.75, 3.05) is 24.6 Å². The molecule has 1 aliphatic heterocycles. The van der Waals surface area contributed by atoms with E-state index in [9.17, 15) is 9.90 Å². The topological polar surface area (TPSA) is 75.8 Å². The number of morpholine rings is 1. The molecule has 16 heavy (non-hydrogen) atoms. The van der Waals surface area contributed by atoms with Gasteiger partial charge in [-0.3, -0.25) is 4.79 Å². The number of hydrogen-bond donors (Lipinski definition) is 2. The molecule has 0 aromatic heterocycles. The molecule has 0 bridgehead atoms. The van der Waals surface area contributed by atoms with Gasteiger partial charge in [0.1, 0.15) is 12.4 Å². The fourth-order valence-electron chi connectivity index (χ4n) is 1.68. The summed E-state index contributed by atoms with van der Waals surface area (Å²) in [6.45, 7) is 0.846. The van der Waals surface area contributed by atoms with Crippen LogP contribution in [0.3, 0.4) is 0 Å². The van der Waals surface area contributed by atoms with Crippen LogP contribution in [-0.4, -0.2) is 36.8 Å². The number of carbonyl (C=O) groups is 1. The molecule has 1 fully saturated rings. The monoisotopic (exact) mass is 222 g/mol. The van der Waals surface area contributed by atoms with Crippen molar-refractivity contribution in [2.24, 2.45) is 5.73 Å². The van der Waals surface area contributed by atoms with Crippen LogP contribution in [0.25, 0.3) is 0 Å². The maximum Gasteiger partial charge on any atom is 0.253 e. The molecule has 0 saturated carbocycles. The van der Waals surface area contributed by atoms with Gasteiger partial charge in [-0.15, -0.1) is 0 Å². The number of benzene rings is 1. The maximum absolute atomic E-state index is 11.6. The van der Waals surface area contributed by atoms with Gasteiger partial charge in [0, 0.05) is 18.3 Å². The first kappa shape index (κ1) is 10.9. The number of aromatic hydroxyl groups is 1. The minimum Gasteiger partial charge on any atom is -0.508 e. The lowest BCUT2D eigenvalue weighted by Gasteiger charge is -2.32. The van der Waals surface area contributed by atoms with E-state index in [1.54, 1.807) is 29.2 Å². The van der Waals surface area contributed by atoms with Crippen LogP contribution >= 0.6 is 0 Å². The van der Waals surface area contributed by atoms with E-state index in [4.69, 9.17) is 10.5 Å². The second-order valence-electron chi connectivity index (χ2n) is 3.69. The van der Waals surface area contributed by atoms with Crippen molar-refractivity contribution in [1.82, 2.24) is 0 Å². The lowest BCUT2D eigenvalue weighted by atomic mass is 10.2. The highest BCUT2D eigenvalue weighted by Gasteiger charge is 2.26. The molecule has 1 heterocycles. The number of phenols is 1. The molecule has 1 unspecified atom stereocenters. The Kier molecular flexibility index (Phi) is 3.07. The zero-order valence-electron chi connectivity index (χ0n) is 8.80. The van der Waals surface area contributed by atoms with Gasteiger partial charge in [-0.2, -0.15) is 0 Å². The Morgan fingerprint density at radius 1 is 1.56 bits per heavy atom. The normalized spacial score (nSPS) is 21.2. The van der Waals surface area contributed by atoms with Gasteiger partial charge in [-0.25, -0.2) is 0 Å². The third-order valence-corrected chi connectivity index (χ3v) is 2.53. The second-order valence-corrected chi connectivity index (χ2v) is 3.69. The first-order valence-corrected chi connectivity index (χ1v) is 5.12. The standard InChI is InChI=1S/C11H14N2O3/c12-5-10-6-13(11(15)7-16-10)8-2-1-3-9(14)4-8/h1-4,10,14H,5-7,12H2. The number of ether oxygens (including phenoxy) is 1. The van der Waals surface area contributed by atoms with Crippen LogP contribution in [-0.2, 0) is 9.53 Å². The van der Waals surface area contributed by atoms with Gasteiger partial charge in [-0.1, -0.05) is 6.07 Å². The minimum absolute atomic E-state index is 0.0392. The number of hydrogen-bond acceptors (Lipinski definition) is 4. The Bertz CT molecular complexity index is 395. The van der Waals surface area contributed by atoms with Crippen LogP contribution in [0.1, 0.15) is 0 Å². The largest absolute Gasteiger partial charge is 0.508 e. The van der Waals surface area contributed by atoms with Gasteiger partial charge in [0.2, 0.25) is 0 Å². The summed E-state index contributed by atoms with van der Waals surface area (Å²) in [5.41, 5.74) is 6.18. The molecular weight excluding hydrogens is 208 g/mol. The summed E-state index contributed by atoms with van der Waals surface area (Å²) < 4.78 is 5.24. The quantitative estimate of drug-likeness (QED) is 0.743. The van der Waals surface area contributed by atoms with Crippen molar-refractivity contribution in [3.05, 3.63) is 24.3 Å². The molecule has 1 saturated heterocycles. The van der Waals surface area contributed by atoms with Crippen molar-refractivity contribution < 1.29 is 14.6 Å². The molecule has 1 atom stereocenters. The fourth-order valence-corrected chi connectivity index (χ4v) is 1.68. The first-order valence-electron chi connectivity index (χ1n) is 5.12. The van der Waals surface area contributed by atoms with E-state index in [-0.39, 0.29) is 24.4 Å². The average molecular weight is 222 g/mol. The third-order valence-electron chi connectivity index (χ3n) is 2.53. The number of carbonyl (C=O) groups excluding carboxylic acids is 1. The SMILES string of the molecule is NCC1CN(c2cccc(O)c2)C(=O)CO1. The van der Waals surface area contributed by atoms with Crippen LogP contribution in [0.15, 0.2) is 24.3 Å². The third kappa shape index (κ3) is 2.15. The highest BCUT2D eigenvalue weighted by Crippen LogP contribution is 2.22. The molecule has 1 aliphatic rings. The van der Waals surface area contributed by atoms with Gasteiger partial charge >= 0.3 is 0 Å². The molecule has 1 aromatic rings. The van der Waals surface area contributed by atoms with Crippen LogP contribution in [0.4, 0.5) is 5.69 Å². The van der Waals surface area contributed by atoms with Crippen LogP contribution < -0.4 is 10.6 Å². The predicted molar refractivity (Wildman–Crippen MR) is 59.3 cm³/mol. The summed E-state index contributed by atoms with van der Waals surface area (Å²) in [6.07, 6.45) is -0.139. The predicted octanol–water partition coefficient (Wildman–Crippen LogP) is 0.0827. The van der Waals surface area contributed by atoms with E-state index in [1.807, 2.05) is 0 Å². The number of rotatable bonds is 2. The van der Waals surface area contributed by atoms with E-state index in [0.29, 0.717) is 18.8 Å². The van der Waals surface area contributed by atoms with Gasteiger partial charge in [-0.05, 0) is 12.1 Å². The molecule has 1 amide bonds. The molecule has 0 aliphatic carbocycles. The molecule has 2 rings (SSSR count).